The number of nitrogens with zero attached hydrogens (tertiary/aromatic N) is 2. The Morgan fingerprint density at radius 3 is 1.78 bits per heavy atom. The second kappa shape index (κ2) is 16.9. The summed E-state index contributed by atoms with van der Waals surface area (Å²) in [5.74, 6) is 0. The van der Waals surface area contributed by atoms with Gasteiger partial charge in [-0.05, 0) is 44.3 Å². The zero-order valence-electron chi connectivity index (χ0n) is 16.0. The molecule has 0 saturated heterocycles. The fraction of sp³-hybridized carbons (Fsp3) is 0.550. The van der Waals surface area contributed by atoms with Gasteiger partial charge in [0.2, 0.25) is 11.4 Å². The number of hydrogen-bond acceptors (Lipinski definition) is 5. The van der Waals surface area contributed by atoms with Gasteiger partial charge in [0.25, 0.3) is 0 Å². The van der Waals surface area contributed by atoms with Crippen molar-refractivity contribution in [3.63, 3.8) is 0 Å². The third-order valence-corrected chi connectivity index (χ3v) is 3.84. The van der Waals surface area contributed by atoms with Crippen LogP contribution in [0, 0.1) is 20.2 Å². The second-order valence-electron chi connectivity index (χ2n) is 6.06. The summed E-state index contributed by atoms with van der Waals surface area (Å²) in [5, 5.41) is 22.1. The van der Waals surface area contributed by atoms with Crippen LogP contribution in [0.4, 0.5) is 0 Å². The topological polar surface area (TPSA) is 103 Å². The summed E-state index contributed by atoms with van der Waals surface area (Å²) < 4.78 is 0. The van der Waals surface area contributed by atoms with Gasteiger partial charge in [0.1, 0.15) is 6.29 Å². The van der Waals surface area contributed by atoms with Crippen LogP contribution in [0.3, 0.4) is 0 Å². The lowest BCUT2D eigenvalue weighted by Crippen LogP contribution is -1.99. The van der Waals surface area contributed by atoms with Crippen molar-refractivity contribution in [2.24, 2.45) is 0 Å². The Bertz CT molecular complexity index is 577. The Kier molecular flexibility index (Phi) is 15.3. The molecule has 0 aliphatic carbocycles. The molecule has 0 spiro atoms. The number of allylic oxidation sites excluding steroid dienone is 6. The van der Waals surface area contributed by atoms with Crippen LogP contribution in [0.1, 0.15) is 71.1 Å². The van der Waals surface area contributed by atoms with Gasteiger partial charge in [0.15, 0.2) is 0 Å². The molecular formula is C20H30N2O5. The van der Waals surface area contributed by atoms with Gasteiger partial charge >= 0.3 is 0 Å². The van der Waals surface area contributed by atoms with E-state index in [1.807, 2.05) is 19.1 Å². The molecule has 27 heavy (non-hydrogen) atoms. The molecule has 0 aliphatic rings. The first kappa shape index (κ1) is 24.4. The molecule has 0 aromatic rings. The minimum atomic E-state index is -0.450. The summed E-state index contributed by atoms with van der Waals surface area (Å²) >= 11 is 0. The summed E-state index contributed by atoms with van der Waals surface area (Å²) in [6.45, 7) is 1.94. The number of aldehydes is 1. The van der Waals surface area contributed by atoms with Gasteiger partial charge in [-0.3, -0.25) is 20.2 Å². The molecule has 0 radical (unpaired) electrons. The molecule has 150 valence electrons. The summed E-state index contributed by atoms with van der Waals surface area (Å²) in [7, 11) is 0. The van der Waals surface area contributed by atoms with Gasteiger partial charge < -0.3 is 4.79 Å². The van der Waals surface area contributed by atoms with Crippen molar-refractivity contribution in [3.8, 4) is 0 Å². The summed E-state index contributed by atoms with van der Waals surface area (Å²) in [5.41, 5.74) is 0.0871. The fourth-order valence-electron chi connectivity index (χ4n) is 2.33. The van der Waals surface area contributed by atoms with Crippen molar-refractivity contribution in [1.29, 1.82) is 0 Å². The van der Waals surface area contributed by atoms with Crippen molar-refractivity contribution < 1.29 is 14.6 Å². The Morgan fingerprint density at radius 1 is 0.778 bits per heavy atom. The Morgan fingerprint density at radius 2 is 1.30 bits per heavy atom. The van der Waals surface area contributed by atoms with E-state index in [2.05, 4.69) is 0 Å². The average Bonchev–Trinajstić information content (AvgIpc) is 2.63. The van der Waals surface area contributed by atoms with Crippen LogP contribution in [0.25, 0.3) is 0 Å². The second-order valence-corrected chi connectivity index (χ2v) is 6.06. The van der Waals surface area contributed by atoms with Crippen molar-refractivity contribution in [1.82, 2.24) is 0 Å². The van der Waals surface area contributed by atoms with Gasteiger partial charge in [0, 0.05) is 6.42 Å². The molecule has 0 aromatic heterocycles. The average molecular weight is 378 g/mol. The van der Waals surface area contributed by atoms with E-state index in [-0.39, 0.29) is 30.7 Å². The normalized spacial score (nSPS) is 12.8. The van der Waals surface area contributed by atoms with E-state index in [1.54, 1.807) is 12.2 Å². The Balaban J connectivity index is 4.44. The van der Waals surface area contributed by atoms with Crippen molar-refractivity contribution in [2.75, 3.05) is 0 Å². The maximum Gasteiger partial charge on any atom is 0.246 e. The van der Waals surface area contributed by atoms with E-state index in [9.17, 15) is 25.0 Å². The van der Waals surface area contributed by atoms with Gasteiger partial charge in [-0.15, -0.1) is 0 Å². The molecule has 0 N–H and O–H groups in total. The molecular weight excluding hydrogens is 348 g/mol. The monoisotopic (exact) mass is 378 g/mol. The molecule has 0 unspecified atom stereocenters. The predicted molar refractivity (Wildman–Crippen MR) is 106 cm³/mol. The van der Waals surface area contributed by atoms with E-state index < -0.39 is 9.85 Å². The molecule has 0 fully saturated rings. The van der Waals surface area contributed by atoms with Crippen molar-refractivity contribution in [2.45, 2.75) is 71.1 Å². The smallest absolute Gasteiger partial charge is 0.246 e. The maximum atomic E-state index is 11.1. The fourth-order valence-corrected chi connectivity index (χ4v) is 2.33. The van der Waals surface area contributed by atoms with E-state index in [1.165, 1.54) is 12.2 Å². The first-order chi connectivity index (χ1) is 13.0. The van der Waals surface area contributed by atoms with Crippen LogP contribution < -0.4 is 0 Å². The molecule has 0 amide bonds. The lowest BCUT2D eigenvalue weighted by Gasteiger charge is -1.97. The van der Waals surface area contributed by atoms with E-state index in [4.69, 9.17) is 0 Å². The summed E-state index contributed by atoms with van der Waals surface area (Å²) in [6.07, 6.45) is 17.9. The highest BCUT2D eigenvalue weighted by Crippen LogP contribution is 2.11. The molecule has 0 bridgehead atoms. The van der Waals surface area contributed by atoms with Gasteiger partial charge in [-0.1, -0.05) is 44.1 Å². The van der Waals surface area contributed by atoms with E-state index >= 15 is 0 Å². The molecule has 0 heterocycles. The highest BCUT2D eigenvalue weighted by Gasteiger charge is 2.10. The van der Waals surface area contributed by atoms with Crippen LogP contribution in [0.2, 0.25) is 0 Å². The third-order valence-electron chi connectivity index (χ3n) is 3.84. The van der Waals surface area contributed by atoms with Crippen molar-refractivity contribution in [3.05, 3.63) is 68.1 Å². The van der Waals surface area contributed by atoms with E-state index in [0.29, 0.717) is 6.42 Å². The summed E-state index contributed by atoms with van der Waals surface area (Å²) in [6, 6.07) is 0. The quantitative estimate of drug-likeness (QED) is 0.115. The molecule has 7 heteroatoms. The zero-order chi connectivity index (χ0) is 20.3. The molecule has 0 aromatic carbocycles. The summed E-state index contributed by atoms with van der Waals surface area (Å²) in [4.78, 5) is 31.4. The van der Waals surface area contributed by atoms with Gasteiger partial charge in [-0.25, -0.2) is 0 Å². The van der Waals surface area contributed by atoms with Crippen LogP contribution in [0.5, 0.6) is 0 Å². The maximum absolute atomic E-state index is 11.1. The minimum Gasteiger partial charge on any atom is -0.303 e. The SMILES string of the molecule is CC/C=C/C/C(=C/C/C=C(/C/C=C/CCCCCCC=O)[N+](=O)[O-])[N+](=O)[O-]. The predicted octanol–water partition coefficient (Wildman–Crippen LogP) is 5.54. The molecule has 0 aliphatic heterocycles. The number of carbonyl (C=O) groups excluding carboxylic acids is 1. The van der Waals surface area contributed by atoms with Gasteiger partial charge in [-0.2, -0.15) is 0 Å². The molecule has 0 saturated carbocycles. The van der Waals surface area contributed by atoms with Crippen LogP contribution >= 0.6 is 0 Å². The standard InChI is InChI=1S/C20H30N2O5/c1-2-3-10-14-19(21(24)25)16-13-17-20(22(26)27)15-11-8-6-4-5-7-9-12-18-23/h3,8,10-11,16-18H,2,4-7,9,12-15H2,1H3/b10-3+,11-8+,19-16-,20-17-. The van der Waals surface area contributed by atoms with Crippen LogP contribution in [0.15, 0.2) is 47.9 Å². The first-order valence-corrected chi connectivity index (χ1v) is 9.43. The number of hydrogen-bond donors (Lipinski definition) is 0. The lowest BCUT2D eigenvalue weighted by molar-refractivity contribution is -0.427. The highest BCUT2D eigenvalue weighted by molar-refractivity contribution is 5.48. The molecule has 7 nitrogen and oxygen atoms in total. The van der Waals surface area contributed by atoms with Gasteiger partial charge in [0.05, 0.1) is 22.7 Å². The number of rotatable bonds is 16. The van der Waals surface area contributed by atoms with Crippen molar-refractivity contribution >= 4 is 6.29 Å². The van der Waals surface area contributed by atoms with E-state index in [0.717, 1.165) is 44.8 Å². The number of unbranched alkanes of at least 4 members (excludes halogenated alkanes) is 5. The minimum absolute atomic E-state index is 0.0419. The first-order valence-electron chi connectivity index (χ1n) is 9.43. The third kappa shape index (κ3) is 14.3. The van der Waals surface area contributed by atoms with Crippen LogP contribution in [-0.2, 0) is 4.79 Å². The molecule has 0 atom stereocenters. The molecule has 0 rings (SSSR count). The highest BCUT2D eigenvalue weighted by atomic mass is 16.6. The largest absolute Gasteiger partial charge is 0.303 e. The number of carbonyl (C=O) groups is 1. The van der Waals surface area contributed by atoms with Crippen LogP contribution in [-0.4, -0.2) is 16.1 Å². The number of nitro groups is 2. The Labute approximate surface area is 160 Å². The zero-order valence-corrected chi connectivity index (χ0v) is 16.0. The lowest BCUT2D eigenvalue weighted by atomic mass is 10.1. The Hall–Kier alpha value is -2.57.